The number of aliphatic imine (C=N–C) groups is 1. The number of hydrazine groups is 1. The SMILES string of the molecule is NC(=NCCC[C@H](NS(=O)(=O)c1cccc2ccccc12)C(=O)N1CCN(CCOCCOCCNC(=O)OCc2ccc([N+](=O)[O-])cc2)CC1)N[N+](=O)[O-]. The molecule has 0 saturated carbocycles. The van der Waals surface area contributed by atoms with Crippen LogP contribution in [0.5, 0.6) is 0 Å². The number of amides is 2. The van der Waals surface area contributed by atoms with Gasteiger partial charge in [-0.1, -0.05) is 41.8 Å². The summed E-state index contributed by atoms with van der Waals surface area (Å²) in [5.74, 6) is -0.783. The molecule has 1 aliphatic rings. The minimum atomic E-state index is -4.13. The number of fused-ring (bicyclic) bond motifs is 1. The molecule has 1 atom stereocenters. The van der Waals surface area contributed by atoms with E-state index >= 15 is 0 Å². The van der Waals surface area contributed by atoms with Gasteiger partial charge < -0.3 is 30.2 Å². The molecule has 0 unspecified atom stereocenters. The van der Waals surface area contributed by atoms with Crippen LogP contribution in [-0.4, -0.2) is 124 Å². The molecule has 55 heavy (non-hydrogen) atoms. The Morgan fingerprint density at radius 3 is 2.31 bits per heavy atom. The number of alkyl carbamates (subject to hydrolysis) is 1. The lowest BCUT2D eigenvalue weighted by atomic mass is 10.1. The highest BCUT2D eigenvalue weighted by molar-refractivity contribution is 7.89. The molecule has 20 nitrogen and oxygen atoms in total. The number of carbonyl (C=O) groups is 2. The summed E-state index contributed by atoms with van der Waals surface area (Å²) in [6, 6.07) is 16.6. The van der Waals surface area contributed by atoms with Crippen LogP contribution in [0.15, 0.2) is 76.6 Å². The molecule has 3 aromatic carbocycles. The Morgan fingerprint density at radius 2 is 1.60 bits per heavy atom. The van der Waals surface area contributed by atoms with Crippen molar-refractivity contribution in [1.82, 2.24) is 25.3 Å². The number of rotatable bonds is 21. The number of benzene rings is 3. The van der Waals surface area contributed by atoms with E-state index in [1.807, 2.05) is 0 Å². The maximum Gasteiger partial charge on any atom is 0.407 e. The Kier molecular flexibility index (Phi) is 16.5. The number of guanidine groups is 1. The number of carbonyl (C=O) groups excluding carboxylic acids is 2. The van der Waals surface area contributed by atoms with Crippen molar-refractivity contribution in [2.24, 2.45) is 10.7 Å². The van der Waals surface area contributed by atoms with Crippen molar-refractivity contribution < 1.29 is 42.2 Å². The molecule has 0 aliphatic carbocycles. The number of hydrogen-bond donors (Lipinski definition) is 4. The fourth-order valence-electron chi connectivity index (χ4n) is 5.60. The van der Waals surface area contributed by atoms with E-state index in [4.69, 9.17) is 19.9 Å². The Labute approximate surface area is 317 Å². The summed E-state index contributed by atoms with van der Waals surface area (Å²) >= 11 is 0. The van der Waals surface area contributed by atoms with E-state index in [-0.39, 0.29) is 55.6 Å². The second-order valence-electron chi connectivity index (χ2n) is 12.2. The molecule has 1 saturated heterocycles. The minimum absolute atomic E-state index is 0.0280. The predicted molar refractivity (Wildman–Crippen MR) is 200 cm³/mol. The van der Waals surface area contributed by atoms with Crippen molar-refractivity contribution >= 4 is 44.4 Å². The van der Waals surface area contributed by atoms with Crippen LogP contribution in [0.1, 0.15) is 18.4 Å². The third-order valence-electron chi connectivity index (χ3n) is 8.41. The molecule has 4 rings (SSSR count). The van der Waals surface area contributed by atoms with Gasteiger partial charge in [0.15, 0.2) is 5.03 Å². The standard InChI is InChI=1S/C34H45N9O11S/c35-33(38-43(48)49)36-14-4-8-30(39-55(50,51)31-9-3-6-27-5-1-2-7-29(27)31)32(44)41-18-16-40(17-19-41)20-22-53-24-23-52-21-15-37-34(45)54-25-26-10-12-28(13-11-26)42(46)47/h1-3,5-7,9-13,30,39H,4,8,14-25H2,(H,37,45)(H3,35,36,38)/t30-/m0/s1. The Hall–Kier alpha value is -5.48. The van der Waals surface area contributed by atoms with Crippen LogP contribution >= 0.6 is 0 Å². The van der Waals surface area contributed by atoms with E-state index in [1.165, 1.54) is 30.3 Å². The lowest BCUT2D eigenvalue weighted by molar-refractivity contribution is -0.525. The number of nitrogens with one attached hydrogen (secondary N) is 3. The van der Waals surface area contributed by atoms with Gasteiger partial charge in [0.05, 0.1) is 36.2 Å². The number of hydrogen-bond acceptors (Lipinski definition) is 13. The summed E-state index contributed by atoms with van der Waals surface area (Å²) in [5, 5.41) is 24.3. The third kappa shape index (κ3) is 14.0. The van der Waals surface area contributed by atoms with Crippen molar-refractivity contribution in [3.8, 4) is 0 Å². The first kappa shape index (κ1) is 42.3. The summed E-state index contributed by atoms with van der Waals surface area (Å²) in [5.41, 5.74) is 7.80. The number of nitrogens with two attached hydrogens (primary N) is 1. The highest BCUT2D eigenvalue weighted by atomic mass is 32.2. The van der Waals surface area contributed by atoms with Gasteiger partial charge in [0.2, 0.25) is 15.9 Å². The first-order valence-electron chi connectivity index (χ1n) is 17.4. The number of sulfonamides is 1. The molecule has 0 spiro atoms. The molecule has 0 bridgehead atoms. The zero-order chi connectivity index (χ0) is 39.6. The monoisotopic (exact) mass is 787 g/mol. The van der Waals surface area contributed by atoms with Crippen LogP contribution in [0, 0.1) is 20.2 Å². The predicted octanol–water partition coefficient (Wildman–Crippen LogP) is 1.37. The van der Waals surface area contributed by atoms with Gasteiger partial charge in [0.1, 0.15) is 12.6 Å². The lowest BCUT2D eigenvalue weighted by Gasteiger charge is -2.36. The van der Waals surface area contributed by atoms with E-state index in [0.29, 0.717) is 63.5 Å². The van der Waals surface area contributed by atoms with E-state index in [9.17, 15) is 38.2 Å². The molecule has 298 valence electrons. The highest BCUT2D eigenvalue weighted by Crippen LogP contribution is 2.23. The van der Waals surface area contributed by atoms with Gasteiger partial charge in [0, 0.05) is 63.3 Å². The Balaban J connectivity index is 1.15. The molecule has 5 N–H and O–H groups in total. The van der Waals surface area contributed by atoms with E-state index in [1.54, 1.807) is 46.7 Å². The number of ether oxygens (including phenoxy) is 3. The summed E-state index contributed by atoms with van der Waals surface area (Å²) in [7, 11) is -4.13. The fourth-order valence-corrected chi connectivity index (χ4v) is 7.06. The van der Waals surface area contributed by atoms with Crippen LogP contribution in [0.3, 0.4) is 0 Å². The van der Waals surface area contributed by atoms with Crippen molar-refractivity contribution in [2.45, 2.75) is 30.4 Å². The number of nitrogens with zero attached hydrogens (tertiary/aromatic N) is 5. The first-order chi connectivity index (χ1) is 26.4. The number of non-ortho nitro benzene ring substituents is 1. The Morgan fingerprint density at radius 1 is 0.909 bits per heavy atom. The number of nitro groups is 2. The van der Waals surface area contributed by atoms with Crippen molar-refractivity contribution in [3.63, 3.8) is 0 Å². The molecule has 3 aromatic rings. The van der Waals surface area contributed by atoms with E-state index in [2.05, 4.69) is 19.9 Å². The van der Waals surface area contributed by atoms with Crippen LogP contribution < -0.4 is 21.2 Å². The summed E-state index contributed by atoms with van der Waals surface area (Å²) in [6.45, 7) is 3.98. The molecule has 1 fully saturated rings. The molecule has 1 aliphatic heterocycles. The highest BCUT2D eigenvalue weighted by Gasteiger charge is 2.31. The van der Waals surface area contributed by atoms with Crippen LogP contribution in [0.2, 0.25) is 0 Å². The van der Waals surface area contributed by atoms with E-state index in [0.717, 1.165) is 5.39 Å². The van der Waals surface area contributed by atoms with Gasteiger partial charge in [-0.05, 0) is 42.0 Å². The largest absolute Gasteiger partial charge is 0.445 e. The van der Waals surface area contributed by atoms with Crippen LogP contribution in [0.4, 0.5) is 10.5 Å². The first-order valence-corrected chi connectivity index (χ1v) is 18.9. The van der Waals surface area contributed by atoms with Gasteiger partial charge in [-0.3, -0.25) is 19.8 Å². The second-order valence-corrected chi connectivity index (χ2v) is 13.9. The van der Waals surface area contributed by atoms with Crippen molar-refractivity contribution in [1.29, 1.82) is 0 Å². The maximum atomic E-state index is 13.7. The molecule has 1 heterocycles. The molecule has 21 heteroatoms. The van der Waals surface area contributed by atoms with Gasteiger partial charge in [0.25, 0.3) is 11.6 Å². The zero-order valence-corrected chi connectivity index (χ0v) is 30.9. The molecule has 2 amide bonds. The van der Waals surface area contributed by atoms with Crippen LogP contribution in [0.25, 0.3) is 10.8 Å². The maximum absolute atomic E-state index is 13.7. The molecule has 0 radical (unpaired) electrons. The zero-order valence-electron chi connectivity index (χ0n) is 30.0. The average Bonchev–Trinajstić information content (AvgIpc) is 3.17. The van der Waals surface area contributed by atoms with Gasteiger partial charge in [-0.15, -0.1) is 0 Å². The van der Waals surface area contributed by atoms with Gasteiger partial charge in [-0.2, -0.15) is 4.72 Å². The summed E-state index contributed by atoms with van der Waals surface area (Å²) in [4.78, 5) is 54.1. The van der Waals surface area contributed by atoms with Crippen molar-refractivity contribution in [2.75, 3.05) is 72.2 Å². The number of nitro benzene ring substituents is 1. The summed E-state index contributed by atoms with van der Waals surface area (Å²) in [6.07, 6.45) is -0.332. The molecule has 0 aromatic heterocycles. The minimum Gasteiger partial charge on any atom is -0.445 e. The topological polar surface area (TPSA) is 263 Å². The molecular weight excluding hydrogens is 742 g/mol. The van der Waals surface area contributed by atoms with Gasteiger partial charge in [-0.25, -0.2) is 28.3 Å². The van der Waals surface area contributed by atoms with Gasteiger partial charge >= 0.3 is 6.09 Å². The Bertz CT molecular complexity index is 1890. The van der Waals surface area contributed by atoms with E-state index < -0.39 is 38.1 Å². The smallest absolute Gasteiger partial charge is 0.407 e. The second kappa shape index (κ2) is 21.4. The fraction of sp³-hybridized carbons (Fsp3) is 0.441. The molecular formula is C34H45N9O11S. The quantitative estimate of drug-likeness (QED) is 0.0391. The van der Waals surface area contributed by atoms with Crippen LogP contribution in [-0.2, 0) is 35.6 Å². The lowest BCUT2D eigenvalue weighted by Crippen LogP contribution is -2.55. The third-order valence-corrected chi connectivity index (χ3v) is 9.94. The summed E-state index contributed by atoms with van der Waals surface area (Å²) < 4.78 is 46.1. The normalized spacial score (nSPS) is 14.3. The number of piperazine rings is 1. The average molecular weight is 788 g/mol. The van der Waals surface area contributed by atoms with Crippen molar-refractivity contribution in [3.05, 3.63) is 92.5 Å².